The van der Waals surface area contributed by atoms with Gasteiger partial charge in [-0.05, 0) is 36.5 Å². The normalized spacial score (nSPS) is 15.9. The number of nitrogens with one attached hydrogen (secondary N) is 1. The standard InChI is InChI=1S/C15H18ClNO3/c1-9(18)17-14-12(10-5-3-2-4-6-10)7-11(16)8-13(14)15(19)20/h7-8,10H,2-6H2,1H3,(H,17,18)(H,19,20). The number of benzene rings is 1. The fourth-order valence-electron chi connectivity index (χ4n) is 2.85. The highest BCUT2D eigenvalue weighted by atomic mass is 35.5. The summed E-state index contributed by atoms with van der Waals surface area (Å²) in [5.74, 6) is -1.08. The molecule has 0 atom stereocenters. The van der Waals surface area contributed by atoms with Crippen molar-refractivity contribution in [3.8, 4) is 0 Å². The van der Waals surface area contributed by atoms with Crippen molar-refractivity contribution >= 4 is 29.2 Å². The lowest BCUT2D eigenvalue weighted by molar-refractivity contribution is -0.114. The largest absolute Gasteiger partial charge is 0.478 e. The predicted molar refractivity (Wildman–Crippen MR) is 78.5 cm³/mol. The molecule has 5 heteroatoms. The van der Waals surface area contributed by atoms with Crippen LogP contribution in [0.3, 0.4) is 0 Å². The number of amides is 1. The zero-order valence-electron chi connectivity index (χ0n) is 11.4. The molecule has 1 aliphatic carbocycles. The topological polar surface area (TPSA) is 66.4 Å². The highest BCUT2D eigenvalue weighted by Gasteiger charge is 2.24. The Morgan fingerprint density at radius 1 is 1.25 bits per heavy atom. The van der Waals surface area contributed by atoms with Crippen LogP contribution in [0.15, 0.2) is 12.1 Å². The fraction of sp³-hybridized carbons (Fsp3) is 0.467. The van der Waals surface area contributed by atoms with E-state index in [4.69, 9.17) is 11.6 Å². The van der Waals surface area contributed by atoms with Gasteiger partial charge in [0, 0.05) is 11.9 Å². The summed E-state index contributed by atoms with van der Waals surface area (Å²) < 4.78 is 0. The first-order chi connectivity index (χ1) is 9.49. The van der Waals surface area contributed by atoms with Crippen LogP contribution in [-0.2, 0) is 4.79 Å². The third kappa shape index (κ3) is 3.31. The van der Waals surface area contributed by atoms with Crippen molar-refractivity contribution in [1.82, 2.24) is 0 Å². The van der Waals surface area contributed by atoms with Crippen LogP contribution in [0.4, 0.5) is 5.69 Å². The van der Waals surface area contributed by atoms with Crippen molar-refractivity contribution in [3.05, 3.63) is 28.3 Å². The molecule has 0 radical (unpaired) electrons. The van der Waals surface area contributed by atoms with E-state index >= 15 is 0 Å². The second-order valence-corrected chi connectivity index (χ2v) is 5.68. The first kappa shape index (κ1) is 14.9. The molecule has 0 saturated heterocycles. The lowest BCUT2D eigenvalue weighted by Gasteiger charge is -2.25. The zero-order valence-corrected chi connectivity index (χ0v) is 12.2. The Morgan fingerprint density at radius 2 is 1.90 bits per heavy atom. The van der Waals surface area contributed by atoms with Crippen molar-refractivity contribution < 1.29 is 14.7 Å². The number of aromatic carboxylic acids is 1. The number of anilines is 1. The molecule has 20 heavy (non-hydrogen) atoms. The van der Waals surface area contributed by atoms with Crippen LogP contribution in [0.2, 0.25) is 5.02 Å². The second-order valence-electron chi connectivity index (χ2n) is 5.24. The molecule has 2 rings (SSSR count). The molecule has 0 spiro atoms. The molecule has 0 bridgehead atoms. The van der Waals surface area contributed by atoms with Crippen LogP contribution in [0.25, 0.3) is 0 Å². The zero-order chi connectivity index (χ0) is 14.7. The summed E-state index contributed by atoms with van der Waals surface area (Å²) in [5.41, 5.74) is 1.32. The molecule has 4 nitrogen and oxygen atoms in total. The Bertz CT molecular complexity index is 536. The number of carbonyl (C=O) groups is 2. The van der Waals surface area contributed by atoms with Gasteiger partial charge in [0.2, 0.25) is 5.91 Å². The van der Waals surface area contributed by atoms with E-state index in [9.17, 15) is 14.7 Å². The minimum absolute atomic E-state index is 0.0632. The van der Waals surface area contributed by atoms with Gasteiger partial charge in [0.1, 0.15) is 0 Å². The molecule has 0 aromatic heterocycles. The Labute approximate surface area is 123 Å². The minimum atomic E-state index is -1.08. The Morgan fingerprint density at radius 3 is 2.45 bits per heavy atom. The first-order valence-electron chi connectivity index (χ1n) is 6.83. The lowest BCUT2D eigenvalue weighted by atomic mass is 9.82. The summed E-state index contributed by atoms with van der Waals surface area (Å²) in [6, 6.07) is 3.18. The van der Waals surface area contributed by atoms with Crippen LogP contribution in [0.5, 0.6) is 0 Å². The number of carbonyl (C=O) groups excluding carboxylic acids is 1. The average Bonchev–Trinajstić information content (AvgIpc) is 2.40. The molecule has 1 fully saturated rings. The summed E-state index contributed by atoms with van der Waals surface area (Å²) in [6.07, 6.45) is 5.47. The molecule has 1 aromatic carbocycles. The maximum atomic E-state index is 11.4. The van der Waals surface area contributed by atoms with Crippen molar-refractivity contribution in [3.63, 3.8) is 0 Å². The summed E-state index contributed by atoms with van der Waals surface area (Å²) >= 11 is 6.05. The molecule has 1 amide bonds. The molecular weight excluding hydrogens is 278 g/mol. The fourth-order valence-corrected chi connectivity index (χ4v) is 3.07. The molecule has 1 saturated carbocycles. The van der Waals surface area contributed by atoms with E-state index in [2.05, 4.69) is 5.32 Å². The van der Waals surface area contributed by atoms with Crippen molar-refractivity contribution in [2.75, 3.05) is 5.32 Å². The van der Waals surface area contributed by atoms with Gasteiger partial charge in [0.25, 0.3) is 0 Å². The molecule has 1 aromatic rings. The van der Waals surface area contributed by atoms with Gasteiger partial charge in [-0.2, -0.15) is 0 Å². The van der Waals surface area contributed by atoms with Gasteiger partial charge in [-0.25, -0.2) is 4.79 Å². The van der Waals surface area contributed by atoms with Gasteiger partial charge < -0.3 is 10.4 Å². The van der Waals surface area contributed by atoms with Crippen molar-refractivity contribution in [2.45, 2.75) is 44.9 Å². The molecule has 2 N–H and O–H groups in total. The maximum absolute atomic E-state index is 11.4. The summed E-state index contributed by atoms with van der Waals surface area (Å²) in [5, 5.41) is 12.4. The van der Waals surface area contributed by atoms with Gasteiger partial charge in [-0.3, -0.25) is 4.79 Å². The number of hydrogen-bond acceptors (Lipinski definition) is 2. The third-order valence-electron chi connectivity index (χ3n) is 3.71. The Hall–Kier alpha value is -1.55. The number of carboxylic acid groups (broad SMARTS) is 1. The number of hydrogen-bond donors (Lipinski definition) is 2. The van der Waals surface area contributed by atoms with E-state index in [1.54, 1.807) is 6.07 Å². The molecule has 0 unspecified atom stereocenters. The Balaban J connectivity index is 2.51. The molecule has 108 valence electrons. The predicted octanol–water partition coefficient (Wildman–Crippen LogP) is 4.04. The quantitative estimate of drug-likeness (QED) is 0.884. The number of halogens is 1. The van der Waals surface area contributed by atoms with Crippen LogP contribution in [0, 0.1) is 0 Å². The molecule has 0 heterocycles. The van der Waals surface area contributed by atoms with Gasteiger partial charge in [0.05, 0.1) is 11.3 Å². The van der Waals surface area contributed by atoms with Crippen molar-refractivity contribution in [2.24, 2.45) is 0 Å². The van der Waals surface area contributed by atoms with Crippen LogP contribution < -0.4 is 5.32 Å². The van der Waals surface area contributed by atoms with Crippen LogP contribution >= 0.6 is 11.6 Å². The van der Waals surface area contributed by atoms with E-state index < -0.39 is 5.97 Å². The third-order valence-corrected chi connectivity index (χ3v) is 3.93. The van der Waals surface area contributed by atoms with Gasteiger partial charge in [0.15, 0.2) is 0 Å². The molecular formula is C15H18ClNO3. The smallest absolute Gasteiger partial charge is 0.337 e. The van der Waals surface area contributed by atoms with Gasteiger partial charge >= 0.3 is 5.97 Å². The van der Waals surface area contributed by atoms with E-state index in [0.717, 1.165) is 31.2 Å². The monoisotopic (exact) mass is 295 g/mol. The number of rotatable bonds is 3. The highest BCUT2D eigenvalue weighted by molar-refractivity contribution is 6.31. The summed E-state index contributed by atoms with van der Waals surface area (Å²) in [6.45, 7) is 1.38. The second kappa shape index (κ2) is 6.27. The maximum Gasteiger partial charge on any atom is 0.337 e. The average molecular weight is 296 g/mol. The van der Waals surface area contributed by atoms with E-state index in [1.807, 2.05) is 0 Å². The van der Waals surface area contributed by atoms with Gasteiger partial charge in [-0.15, -0.1) is 0 Å². The summed E-state index contributed by atoms with van der Waals surface area (Å²) in [7, 11) is 0. The van der Waals surface area contributed by atoms with E-state index in [1.165, 1.54) is 19.4 Å². The number of carboxylic acids is 1. The molecule has 0 aliphatic heterocycles. The van der Waals surface area contributed by atoms with Gasteiger partial charge in [-0.1, -0.05) is 30.9 Å². The SMILES string of the molecule is CC(=O)Nc1c(C(=O)O)cc(Cl)cc1C1CCCCC1. The molecule has 1 aliphatic rings. The van der Waals surface area contributed by atoms with Crippen LogP contribution in [0.1, 0.15) is 60.9 Å². The lowest BCUT2D eigenvalue weighted by Crippen LogP contribution is -2.16. The van der Waals surface area contributed by atoms with E-state index in [0.29, 0.717) is 10.7 Å². The van der Waals surface area contributed by atoms with E-state index in [-0.39, 0.29) is 17.4 Å². The minimum Gasteiger partial charge on any atom is -0.478 e. The Kier molecular flexibility index (Phi) is 4.65. The highest BCUT2D eigenvalue weighted by Crippen LogP contribution is 2.39. The first-order valence-corrected chi connectivity index (χ1v) is 7.21. The van der Waals surface area contributed by atoms with Crippen molar-refractivity contribution in [1.29, 1.82) is 0 Å². The van der Waals surface area contributed by atoms with Crippen LogP contribution in [-0.4, -0.2) is 17.0 Å². The summed E-state index contributed by atoms with van der Waals surface area (Å²) in [4.78, 5) is 22.8.